The van der Waals surface area contributed by atoms with Crippen LogP contribution in [0.25, 0.3) is 0 Å². The monoisotopic (exact) mass is 307 g/mol. The Hall–Kier alpha value is -1.39. The summed E-state index contributed by atoms with van der Waals surface area (Å²) >= 11 is 0. The molecule has 0 saturated heterocycles. The van der Waals surface area contributed by atoms with Crippen molar-refractivity contribution >= 4 is 5.97 Å². The summed E-state index contributed by atoms with van der Waals surface area (Å²) in [5.74, 6) is -0.152. The second kappa shape index (κ2) is 8.30. The number of ether oxygens (including phenoxy) is 1. The molecule has 0 fully saturated rings. The van der Waals surface area contributed by atoms with E-state index in [0.717, 1.165) is 5.56 Å². The van der Waals surface area contributed by atoms with Gasteiger partial charge in [0.2, 0.25) is 0 Å². The lowest BCUT2D eigenvalue weighted by Crippen LogP contribution is -2.46. The Morgan fingerprint density at radius 1 is 1.23 bits per heavy atom. The van der Waals surface area contributed by atoms with Gasteiger partial charge in [-0.05, 0) is 38.7 Å². The van der Waals surface area contributed by atoms with Gasteiger partial charge in [-0.2, -0.15) is 0 Å². The fourth-order valence-electron chi connectivity index (χ4n) is 2.28. The van der Waals surface area contributed by atoms with Crippen molar-refractivity contribution in [3.63, 3.8) is 0 Å². The molecule has 124 valence electrons. The van der Waals surface area contributed by atoms with Crippen LogP contribution in [0.15, 0.2) is 30.3 Å². The van der Waals surface area contributed by atoms with Crippen molar-refractivity contribution in [1.82, 2.24) is 5.32 Å². The van der Waals surface area contributed by atoms with Crippen LogP contribution in [0.5, 0.6) is 0 Å². The highest BCUT2D eigenvalue weighted by Crippen LogP contribution is 2.20. The molecule has 1 aromatic rings. The maximum Gasteiger partial charge on any atom is 0.323 e. The van der Waals surface area contributed by atoms with E-state index in [4.69, 9.17) is 4.74 Å². The van der Waals surface area contributed by atoms with Crippen LogP contribution in [0, 0.1) is 5.92 Å². The van der Waals surface area contributed by atoms with Gasteiger partial charge in [0.25, 0.3) is 0 Å². The molecular formula is C18H29NO3. The minimum absolute atomic E-state index is 0.0612. The second-order valence-corrected chi connectivity index (χ2v) is 6.90. The van der Waals surface area contributed by atoms with E-state index in [1.165, 1.54) is 0 Å². The molecule has 4 heteroatoms. The molecule has 0 spiro atoms. The number of benzene rings is 1. The highest BCUT2D eigenvalue weighted by Gasteiger charge is 2.29. The van der Waals surface area contributed by atoms with Crippen LogP contribution in [0.3, 0.4) is 0 Å². The topological polar surface area (TPSA) is 58.6 Å². The Labute approximate surface area is 133 Å². The number of aliphatic hydroxyl groups excluding tert-OH is 1. The molecule has 0 radical (unpaired) electrons. The average molecular weight is 307 g/mol. The lowest BCUT2D eigenvalue weighted by atomic mass is 9.98. The van der Waals surface area contributed by atoms with Gasteiger partial charge in [0, 0.05) is 12.6 Å². The third-order valence-electron chi connectivity index (χ3n) is 3.33. The van der Waals surface area contributed by atoms with E-state index in [1.807, 2.05) is 65.0 Å². The molecule has 0 aliphatic rings. The third kappa shape index (κ3) is 6.16. The van der Waals surface area contributed by atoms with Crippen LogP contribution >= 0.6 is 0 Å². The predicted molar refractivity (Wildman–Crippen MR) is 88.5 cm³/mol. The van der Waals surface area contributed by atoms with E-state index < -0.39 is 11.6 Å². The molecule has 0 saturated carbocycles. The van der Waals surface area contributed by atoms with Gasteiger partial charge in [-0.15, -0.1) is 0 Å². The first-order chi connectivity index (χ1) is 10.2. The molecular weight excluding hydrogens is 278 g/mol. The van der Waals surface area contributed by atoms with Crippen molar-refractivity contribution in [3.05, 3.63) is 35.9 Å². The van der Waals surface area contributed by atoms with Crippen molar-refractivity contribution in [2.45, 2.75) is 58.7 Å². The van der Waals surface area contributed by atoms with Gasteiger partial charge in [0.1, 0.15) is 11.6 Å². The van der Waals surface area contributed by atoms with Gasteiger partial charge in [-0.1, -0.05) is 44.2 Å². The normalized spacial score (nSPS) is 14.7. The first-order valence-electron chi connectivity index (χ1n) is 7.89. The summed E-state index contributed by atoms with van der Waals surface area (Å²) in [5, 5.41) is 12.7. The highest BCUT2D eigenvalue weighted by molar-refractivity contribution is 5.76. The van der Waals surface area contributed by atoms with Gasteiger partial charge in [-0.3, -0.25) is 10.1 Å². The number of esters is 1. The number of hydrogen-bond acceptors (Lipinski definition) is 4. The van der Waals surface area contributed by atoms with Crippen LogP contribution in [-0.2, 0) is 9.53 Å². The van der Waals surface area contributed by atoms with Gasteiger partial charge >= 0.3 is 5.97 Å². The van der Waals surface area contributed by atoms with Crippen molar-refractivity contribution in [2.24, 2.45) is 5.92 Å². The Balaban J connectivity index is 2.89. The van der Waals surface area contributed by atoms with Gasteiger partial charge in [0.05, 0.1) is 0 Å². The van der Waals surface area contributed by atoms with E-state index in [2.05, 4.69) is 5.32 Å². The van der Waals surface area contributed by atoms with Crippen LogP contribution in [-0.4, -0.2) is 29.3 Å². The first-order valence-corrected chi connectivity index (χ1v) is 7.89. The predicted octanol–water partition coefficient (Wildman–Crippen LogP) is 3.07. The Morgan fingerprint density at radius 3 is 2.27 bits per heavy atom. The standard InChI is InChI=1S/C18H29NO3/c1-13(2)16(17(21)22-18(3,4)5)19-15(11-12-20)14-9-7-6-8-10-14/h6-10,13,15-16,19-20H,11-12H2,1-5H3/t15-,16-/m0/s1. The van der Waals surface area contributed by atoms with Crippen LogP contribution < -0.4 is 5.32 Å². The highest BCUT2D eigenvalue weighted by atomic mass is 16.6. The molecule has 1 rings (SSSR count). The fourth-order valence-corrected chi connectivity index (χ4v) is 2.28. The number of rotatable bonds is 7. The van der Waals surface area contributed by atoms with E-state index in [9.17, 15) is 9.90 Å². The largest absolute Gasteiger partial charge is 0.459 e. The number of nitrogens with one attached hydrogen (secondary N) is 1. The number of aliphatic hydroxyl groups is 1. The molecule has 0 aliphatic heterocycles. The lowest BCUT2D eigenvalue weighted by molar-refractivity contribution is -0.159. The molecule has 0 aromatic heterocycles. The minimum atomic E-state index is -0.509. The summed E-state index contributed by atoms with van der Waals surface area (Å²) in [6.07, 6.45) is 0.552. The maximum absolute atomic E-state index is 12.4. The molecule has 2 N–H and O–H groups in total. The summed E-state index contributed by atoms with van der Waals surface area (Å²) in [4.78, 5) is 12.4. The third-order valence-corrected chi connectivity index (χ3v) is 3.33. The van der Waals surface area contributed by atoms with Crippen LogP contribution in [0.4, 0.5) is 0 Å². The molecule has 0 unspecified atom stereocenters. The molecule has 2 atom stereocenters. The second-order valence-electron chi connectivity index (χ2n) is 6.90. The summed E-state index contributed by atoms with van der Waals surface area (Å²) in [5.41, 5.74) is 0.552. The smallest absolute Gasteiger partial charge is 0.323 e. The summed E-state index contributed by atoms with van der Waals surface area (Å²) in [6, 6.07) is 9.38. The van der Waals surface area contributed by atoms with E-state index in [0.29, 0.717) is 6.42 Å². The Kier molecular flexibility index (Phi) is 7.04. The summed E-state index contributed by atoms with van der Waals surface area (Å²) < 4.78 is 5.51. The molecule has 22 heavy (non-hydrogen) atoms. The first kappa shape index (κ1) is 18.7. The van der Waals surface area contributed by atoms with E-state index in [1.54, 1.807) is 0 Å². The molecule has 1 aromatic carbocycles. The molecule has 0 aliphatic carbocycles. The van der Waals surface area contributed by atoms with Crippen molar-refractivity contribution in [3.8, 4) is 0 Å². The Morgan fingerprint density at radius 2 is 1.82 bits per heavy atom. The lowest BCUT2D eigenvalue weighted by Gasteiger charge is -2.30. The average Bonchev–Trinajstić information content (AvgIpc) is 2.41. The summed E-state index contributed by atoms with van der Waals surface area (Å²) in [6.45, 7) is 9.64. The zero-order valence-electron chi connectivity index (χ0n) is 14.3. The van der Waals surface area contributed by atoms with Gasteiger partial charge in [0.15, 0.2) is 0 Å². The van der Waals surface area contributed by atoms with Crippen LogP contribution in [0.2, 0.25) is 0 Å². The SMILES string of the molecule is CC(C)[C@H](N[C@@H](CCO)c1ccccc1)C(=O)OC(C)(C)C. The van der Waals surface area contributed by atoms with E-state index >= 15 is 0 Å². The number of carbonyl (C=O) groups excluding carboxylic acids is 1. The summed E-state index contributed by atoms with van der Waals surface area (Å²) in [7, 11) is 0. The zero-order chi connectivity index (χ0) is 16.8. The quantitative estimate of drug-likeness (QED) is 0.760. The van der Waals surface area contributed by atoms with Crippen molar-refractivity contribution in [2.75, 3.05) is 6.61 Å². The molecule has 4 nitrogen and oxygen atoms in total. The molecule has 0 heterocycles. The Bertz CT molecular complexity index is 451. The van der Waals surface area contributed by atoms with Gasteiger partial charge < -0.3 is 9.84 Å². The van der Waals surface area contributed by atoms with Crippen molar-refractivity contribution in [1.29, 1.82) is 0 Å². The van der Waals surface area contributed by atoms with Gasteiger partial charge in [-0.25, -0.2) is 0 Å². The fraction of sp³-hybridized carbons (Fsp3) is 0.611. The van der Waals surface area contributed by atoms with E-state index in [-0.39, 0.29) is 24.5 Å². The maximum atomic E-state index is 12.4. The zero-order valence-corrected chi connectivity index (χ0v) is 14.3. The number of hydrogen-bond donors (Lipinski definition) is 2. The molecule has 0 amide bonds. The molecule has 0 bridgehead atoms. The van der Waals surface area contributed by atoms with Crippen molar-refractivity contribution < 1.29 is 14.6 Å². The number of carbonyl (C=O) groups is 1. The minimum Gasteiger partial charge on any atom is -0.459 e. The van der Waals surface area contributed by atoms with Crippen LogP contribution in [0.1, 0.15) is 52.6 Å².